The number of piperazine rings is 1. The summed E-state index contributed by atoms with van der Waals surface area (Å²) < 4.78 is 0. The standard InChI is InChI=1S/C16H20N2O2/c1-2-11-5-7-12(8-6-11)10-13-16(20)18-9-3-4-14(18)15(19)17-13/h5-8,13-14H,2-4,9-10H2,1H3,(H,17,19). The van der Waals surface area contributed by atoms with Crippen LogP contribution in [0.4, 0.5) is 0 Å². The molecule has 1 N–H and O–H groups in total. The average Bonchev–Trinajstić information content (AvgIpc) is 2.95. The largest absolute Gasteiger partial charge is 0.342 e. The van der Waals surface area contributed by atoms with Crippen molar-refractivity contribution in [2.45, 2.75) is 44.7 Å². The van der Waals surface area contributed by atoms with Gasteiger partial charge in [0.15, 0.2) is 0 Å². The molecular formula is C16H20N2O2. The molecule has 0 radical (unpaired) electrons. The van der Waals surface area contributed by atoms with Crippen LogP contribution in [-0.4, -0.2) is 35.3 Å². The first-order chi connectivity index (χ1) is 9.69. The Balaban J connectivity index is 1.73. The van der Waals surface area contributed by atoms with Crippen LogP contribution in [0.3, 0.4) is 0 Å². The highest BCUT2D eigenvalue weighted by Crippen LogP contribution is 2.23. The van der Waals surface area contributed by atoms with Gasteiger partial charge in [-0.2, -0.15) is 0 Å². The first-order valence-corrected chi connectivity index (χ1v) is 7.37. The van der Waals surface area contributed by atoms with E-state index in [-0.39, 0.29) is 17.9 Å². The molecule has 4 nitrogen and oxygen atoms in total. The molecule has 2 amide bonds. The maximum Gasteiger partial charge on any atom is 0.246 e. The molecule has 106 valence electrons. The number of hydrogen-bond acceptors (Lipinski definition) is 2. The highest BCUT2D eigenvalue weighted by atomic mass is 16.2. The summed E-state index contributed by atoms with van der Waals surface area (Å²) in [6.45, 7) is 2.84. The number of nitrogens with one attached hydrogen (secondary N) is 1. The Labute approximate surface area is 119 Å². The fourth-order valence-electron chi connectivity index (χ4n) is 3.12. The quantitative estimate of drug-likeness (QED) is 0.901. The summed E-state index contributed by atoms with van der Waals surface area (Å²) in [7, 11) is 0. The lowest BCUT2D eigenvalue weighted by Gasteiger charge is -2.34. The van der Waals surface area contributed by atoms with Gasteiger partial charge in [-0.3, -0.25) is 9.59 Å². The van der Waals surface area contributed by atoms with Crippen molar-refractivity contribution in [3.05, 3.63) is 35.4 Å². The molecule has 0 aliphatic carbocycles. The highest BCUT2D eigenvalue weighted by Gasteiger charge is 2.42. The van der Waals surface area contributed by atoms with Gasteiger partial charge in [-0.1, -0.05) is 31.2 Å². The van der Waals surface area contributed by atoms with Gasteiger partial charge in [-0.15, -0.1) is 0 Å². The number of carbonyl (C=O) groups is 2. The van der Waals surface area contributed by atoms with Crippen LogP contribution in [0, 0.1) is 0 Å². The summed E-state index contributed by atoms with van der Waals surface area (Å²) in [5, 5.41) is 2.88. The second-order valence-corrected chi connectivity index (χ2v) is 5.63. The third-order valence-corrected chi connectivity index (χ3v) is 4.32. The van der Waals surface area contributed by atoms with E-state index in [4.69, 9.17) is 0 Å². The Morgan fingerprint density at radius 1 is 1.20 bits per heavy atom. The van der Waals surface area contributed by atoms with Gasteiger partial charge in [-0.25, -0.2) is 0 Å². The Morgan fingerprint density at radius 2 is 1.90 bits per heavy atom. The summed E-state index contributed by atoms with van der Waals surface area (Å²) in [4.78, 5) is 26.2. The van der Waals surface area contributed by atoms with Crippen molar-refractivity contribution in [1.82, 2.24) is 10.2 Å². The monoisotopic (exact) mass is 272 g/mol. The normalized spacial score (nSPS) is 25.6. The molecule has 0 bridgehead atoms. The third-order valence-electron chi connectivity index (χ3n) is 4.32. The summed E-state index contributed by atoms with van der Waals surface area (Å²) >= 11 is 0. The van der Waals surface area contributed by atoms with Crippen molar-refractivity contribution in [2.24, 2.45) is 0 Å². The van der Waals surface area contributed by atoms with Gasteiger partial charge in [0.05, 0.1) is 0 Å². The molecular weight excluding hydrogens is 252 g/mol. The minimum atomic E-state index is -0.399. The molecule has 4 heteroatoms. The van der Waals surface area contributed by atoms with Gasteiger partial charge in [0.25, 0.3) is 0 Å². The van der Waals surface area contributed by atoms with E-state index in [1.54, 1.807) is 4.90 Å². The number of aryl methyl sites for hydroxylation is 1. The van der Waals surface area contributed by atoms with E-state index in [0.717, 1.165) is 31.4 Å². The molecule has 2 aliphatic rings. The number of benzene rings is 1. The van der Waals surface area contributed by atoms with Crippen LogP contribution >= 0.6 is 0 Å². The smallest absolute Gasteiger partial charge is 0.246 e. The van der Waals surface area contributed by atoms with Crippen LogP contribution in [-0.2, 0) is 22.4 Å². The molecule has 2 heterocycles. The minimum absolute atomic E-state index is 0.0114. The number of carbonyl (C=O) groups excluding carboxylic acids is 2. The van der Waals surface area contributed by atoms with E-state index in [1.807, 2.05) is 12.1 Å². The minimum Gasteiger partial charge on any atom is -0.342 e. The van der Waals surface area contributed by atoms with Gasteiger partial charge < -0.3 is 10.2 Å². The average molecular weight is 272 g/mol. The van der Waals surface area contributed by atoms with Crippen LogP contribution in [0.5, 0.6) is 0 Å². The van der Waals surface area contributed by atoms with Crippen molar-refractivity contribution in [3.8, 4) is 0 Å². The lowest BCUT2D eigenvalue weighted by Crippen LogP contribution is -2.61. The summed E-state index contributed by atoms with van der Waals surface area (Å²) in [6.07, 6.45) is 3.32. The van der Waals surface area contributed by atoms with Crippen LogP contribution < -0.4 is 5.32 Å². The maximum atomic E-state index is 12.4. The Kier molecular flexibility index (Phi) is 3.47. The van der Waals surface area contributed by atoms with E-state index < -0.39 is 6.04 Å². The zero-order chi connectivity index (χ0) is 14.1. The van der Waals surface area contributed by atoms with Gasteiger partial charge >= 0.3 is 0 Å². The number of nitrogens with zero attached hydrogens (tertiary/aromatic N) is 1. The molecule has 0 saturated carbocycles. The molecule has 1 aromatic carbocycles. The molecule has 0 aromatic heterocycles. The Bertz CT molecular complexity index is 524. The summed E-state index contributed by atoms with van der Waals surface area (Å²) in [5.74, 6) is 0.0870. The molecule has 0 spiro atoms. The van der Waals surface area contributed by atoms with Crippen LogP contribution in [0.1, 0.15) is 30.9 Å². The number of fused-ring (bicyclic) bond motifs is 1. The van der Waals surface area contributed by atoms with Gasteiger partial charge in [-0.05, 0) is 30.4 Å². The van der Waals surface area contributed by atoms with Crippen molar-refractivity contribution >= 4 is 11.8 Å². The molecule has 1 aromatic rings. The molecule has 2 atom stereocenters. The number of rotatable bonds is 3. The van der Waals surface area contributed by atoms with Gasteiger partial charge in [0, 0.05) is 13.0 Å². The highest BCUT2D eigenvalue weighted by molar-refractivity contribution is 5.97. The molecule has 2 aliphatic heterocycles. The predicted octanol–water partition coefficient (Wildman–Crippen LogP) is 1.28. The third kappa shape index (κ3) is 2.30. The maximum absolute atomic E-state index is 12.4. The fraction of sp³-hybridized carbons (Fsp3) is 0.500. The van der Waals surface area contributed by atoms with Crippen molar-refractivity contribution < 1.29 is 9.59 Å². The fourth-order valence-corrected chi connectivity index (χ4v) is 3.12. The van der Waals surface area contributed by atoms with Crippen LogP contribution in [0.25, 0.3) is 0 Å². The molecule has 2 fully saturated rings. The first-order valence-electron chi connectivity index (χ1n) is 7.37. The van der Waals surface area contributed by atoms with E-state index in [1.165, 1.54) is 5.56 Å². The van der Waals surface area contributed by atoms with Gasteiger partial charge in [0.1, 0.15) is 12.1 Å². The Hall–Kier alpha value is -1.84. The SMILES string of the molecule is CCc1ccc(CC2NC(=O)C3CCCN3C2=O)cc1. The van der Waals surface area contributed by atoms with Gasteiger partial charge in [0.2, 0.25) is 11.8 Å². The zero-order valence-electron chi connectivity index (χ0n) is 11.8. The first kappa shape index (κ1) is 13.2. The van der Waals surface area contributed by atoms with Crippen molar-refractivity contribution in [1.29, 1.82) is 0 Å². The van der Waals surface area contributed by atoms with Crippen LogP contribution in [0.2, 0.25) is 0 Å². The van der Waals surface area contributed by atoms with Crippen LogP contribution in [0.15, 0.2) is 24.3 Å². The lowest BCUT2D eigenvalue weighted by atomic mass is 9.99. The lowest BCUT2D eigenvalue weighted by molar-refractivity contribution is -0.146. The second kappa shape index (κ2) is 5.27. The predicted molar refractivity (Wildman–Crippen MR) is 76.2 cm³/mol. The molecule has 3 rings (SSSR count). The number of hydrogen-bond donors (Lipinski definition) is 1. The topological polar surface area (TPSA) is 49.4 Å². The van der Waals surface area contributed by atoms with E-state index in [2.05, 4.69) is 24.4 Å². The van der Waals surface area contributed by atoms with Crippen molar-refractivity contribution in [3.63, 3.8) is 0 Å². The zero-order valence-corrected chi connectivity index (χ0v) is 11.8. The summed E-state index contributed by atoms with van der Waals surface area (Å²) in [5.41, 5.74) is 2.38. The van der Waals surface area contributed by atoms with E-state index in [9.17, 15) is 9.59 Å². The second-order valence-electron chi connectivity index (χ2n) is 5.63. The number of amides is 2. The Morgan fingerprint density at radius 3 is 2.60 bits per heavy atom. The van der Waals surface area contributed by atoms with E-state index >= 15 is 0 Å². The van der Waals surface area contributed by atoms with Crippen molar-refractivity contribution in [2.75, 3.05) is 6.54 Å². The summed E-state index contributed by atoms with van der Waals surface area (Å²) in [6, 6.07) is 7.65. The molecule has 20 heavy (non-hydrogen) atoms. The molecule has 2 saturated heterocycles. The molecule has 2 unspecified atom stereocenters. The van der Waals surface area contributed by atoms with E-state index in [0.29, 0.717) is 6.42 Å².